The molecule has 1 aliphatic rings. The summed E-state index contributed by atoms with van der Waals surface area (Å²) in [5.74, 6) is 2.55. The van der Waals surface area contributed by atoms with Gasteiger partial charge in [0.1, 0.15) is 11.6 Å². The van der Waals surface area contributed by atoms with Gasteiger partial charge in [-0.1, -0.05) is 0 Å². The van der Waals surface area contributed by atoms with Gasteiger partial charge in [-0.3, -0.25) is 4.90 Å². The first-order chi connectivity index (χ1) is 10.2. The second kappa shape index (κ2) is 7.84. The van der Waals surface area contributed by atoms with Crippen LogP contribution in [0.1, 0.15) is 30.4 Å². The molecule has 7 nitrogen and oxygen atoms in total. The lowest BCUT2D eigenvalue weighted by molar-refractivity contribution is 0.210. The molecule has 0 aliphatic carbocycles. The predicted octanol–water partition coefficient (Wildman–Crippen LogP) is -0.623. The summed E-state index contributed by atoms with van der Waals surface area (Å²) >= 11 is 0. The Morgan fingerprint density at radius 3 is 2.67 bits per heavy atom. The van der Waals surface area contributed by atoms with Gasteiger partial charge in [0.05, 0.1) is 13.2 Å². The van der Waals surface area contributed by atoms with Crippen LogP contribution in [0.4, 0.5) is 0 Å². The smallest absolute Gasteiger partial charge is 0.146 e. The molecule has 3 N–H and O–H groups in total. The summed E-state index contributed by atoms with van der Waals surface area (Å²) in [4.78, 5) is 4.47. The molecule has 0 unspecified atom stereocenters. The summed E-state index contributed by atoms with van der Waals surface area (Å²) in [6.07, 6.45) is 2.25. The Kier molecular flexibility index (Phi) is 6.10. The molecule has 0 atom stereocenters. The molecular formula is C14H28N6O. The number of nitrogens with zero attached hydrogens (tertiary/aromatic N) is 5. The summed E-state index contributed by atoms with van der Waals surface area (Å²) < 4.78 is 2.12. The monoisotopic (exact) mass is 296 g/mol. The van der Waals surface area contributed by atoms with Crippen molar-refractivity contribution >= 4 is 0 Å². The Balaban J connectivity index is 1.94. The molecule has 0 saturated carbocycles. The highest BCUT2D eigenvalue weighted by Crippen LogP contribution is 2.26. The fourth-order valence-corrected chi connectivity index (χ4v) is 2.96. The van der Waals surface area contributed by atoms with Gasteiger partial charge < -0.3 is 20.3 Å². The highest BCUT2D eigenvalue weighted by molar-refractivity contribution is 5.03. The first-order valence-corrected chi connectivity index (χ1v) is 7.75. The lowest BCUT2D eigenvalue weighted by Gasteiger charge is -2.31. The average molecular weight is 296 g/mol. The number of piperidine rings is 1. The van der Waals surface area contributed by atoms with Gasteiger partial charge in [0.2, 0.25) is 0 Å². The maximum Gasteiger partial charge on any atom is 0.146 e. The minimum Gasteiger partial charge on any atom is -0.395 e. The minimum absolute atomic E-state index is 0.167. The number of aliphatic hydroxyl groups excluding tert-OH is 1. The Hall–Kier alpha value is -1.02. The van der Waals surface area contributed by atoms with Crippen molar-refractivity contribution in [2.24, 2.45) is 12.8 Å². The van der Waals surface area contributed by atoms with E-state index in [0.717, 1.165) is 57.2 Å². The predicted molar refractivity (Wildman–Crippen MR) is 81.9 cm³/mol. The standard InChI is InChI=1S/C14H28N6O/c1-18(9-10-21)11-13-16-17-14(19(13)2)12-3-6-20(7-4-12)8-5-15/h12,21H,3-11,15H2,1-2H3. The lowest BCUT2D eigenvalue weighted by atomic mass is 9.96. The van der Waals surface area contributed by atoms with Gasteiger partial charge in [0.15, 0.2) is 0 Å². The van der Waals surface area contributed by atoms with Gasteiger partial charge >= 0.3 is 0 Å². The maximum absolute atomic E-state index is 8.96. The van der Waals surface area contributed by atoms with E-state index in [-0.39, 0.29) is 6.61 Å². The van der Waals surface area contributed by atoms with E-state index in [1.807, 2.05) is 14.1 Å². The number of rotatable bonds is 7. The molecule has 1 aromatic heterocycles. The van der Waals surface area contributed by atoms with Crippen LogP contribution in [0.5, 0.6) is 0 Å². The molecule has 1 aromatic rings. The van der Waals surface area contributed by atoms with Gasteiger partial charge in [-0.15, -0.1) is 10.2 Å². The van der Waals surface area contributed by atoms with Crippen molar-refractivity contribution in [2.45, 2.75) is 25.3 Å². The lowest BCUT2D eigenvalue weighted by Crippen LogP contribution is -2.37. The van der Waals surface area contributed by atoms with Gasteiger partial charge in [-0.2, -0.15) is 0 Å². The van der Waals surface area contributed by atoms with E-state index in [2.05, 4.69) is 24.6 Å². The van der Waals surface area contributed by atoms with Crippen LogP contribution in [0.15, 0.2) is 0 Å². The van der Waals surface area contributed by atoms with E-state index in [9.17, 15) is 0 Å². The van der Waals surface area contributed by atoms with Crippen LogP contribution in [0.3, 0.4) is 0 Å². The number of aliphatic hydroxyl groups is 1. The number of nitrogens with two attached hydrogens (primary N) is 1. The maximum atomic E-state index is 8.96. The zero-order valence-corrected chi connectivity index (χ0v) is 13.2. The average Bonchev–Trinajstić information content (AvgIpc) is 2.82. The topological polar surface area (TPSA) is 83.4 Å². The van der Waals surface area contributed by atoms with Crippen LogP contribution in [-0.4, -0.2) is 76.0 Å². The summed E-state index contributed by atoms with van der Waals surface area (Å²) in [7, 11) is 4.03. The molecule has 1 saturated heterocycles. The minimum atomic E-state index is 0.167. The molecule has 120 valence electrons. The molecule has 7 heteroatoms. The SMILES string of the molecule is CN(CCO)Cc1nnc(C2CCN(CCN)CC2)n1C. The van der Waals surface area contributed by atoms with Gasteiger partial charge in [0.25, 0.3) is 0 Å². The molecule has 1 fully saturated rings. The third kappa shape index (κ3) is 4.23. The first-order valence-electron chi connectivity index (χ1n) is 7.75. The third-order valence-electron chi connectivity index (χ3n) is 4.29. The van der Waals surface area contributed by atoms with E-state index < -0.39 is 0 Å². The number of aromatic nitrogens is 3. The van der Waals surface area contributed by atoms with Crippen molar-refractivity contribution in [3.05, 3.63) is 11.6 Å². The van der Waals surface area contributed by atoms with Gasteiger partial charge in [0, 0.05) is 32.6 Å². The number of likely N-dealkylation sites (N-methyl/N-ethyl adjacent to an activating group) is 1. The Labute approximate surface area is 126 Å². The molecule has 2 rings (SSSR count). The molecular weight excluding hydrogens is 268 g/mol. The third-order valence-corrected chi connectivity index (χ3v) is 4.29. The Morgan fingerprint density at radius 1 is 1.33 bits per heavy atom. The Bertz CT molecular complexity index is 427. The normalized spacial score (nSPS) is 17.8. The van der Waals surface area contributed by atoms with Crippen molar-refractivity contribution in [3.63, 3.8) is 0 Å². The van der Waals surface area contributed by atoms with Crippen LogP contribution in [-0.2, 0) is 13.6 Å². The van der Waals surface area contributed by atoms with Crippen LogP contribution in [0, 0.1) is 0 Å². The summed E-state index contributed by atoms with van der Waals surface area (Å²) in [5.41, 5.74) is 5.61. The van der Waals surface area contributed by atoms with Crippen molar-refractivity contribution in [2.75, 3.05) is 46.4 Å². The molecule has 0 spiro atoms. The summed E-state index contributed by atoms with van der Waals surface area (Å²) in [6, 6.07) is 0. The number of hydrogen-bond donors (Lipinski definition) is 2. The molecule has 21 heavy (non-hydrogen) atoms. The fraction of sp³-hybridized carbons (Fsp3) is 0.857. The molecule has 0 amide bonds. The largest absolute Gasteiger partial charge is 0.395 e. The van der Waals surface area contributed by atoms with E-state index in [4.69, 9.17) is 10.8 Å². The molecule has 0 radical (unpaired) electrons. The second-order valence-corrected chi connectivity index (χ2v) is 5.90. The van der Waals surface area contributed by atoms with Crippen molar-refractivity contribution in [3.8, 4) is 0 Å². The summed E-state index contributed by atoms with van der Waals surface area (Å²) in [5, 5.41) is 17.7. The Morgan fingerprint density at radius 2 is 2.05 bits per heavy atom. The van der Waals surface area contributed by atoms with Crippen LogP contribution < -0.4 is 5.73 Å². The molecule has 2 heterocycles. The van der Waals surface area contributed by atoms with E-state index in [1.54, 1.807) is 0 Å². The summed E-state index contributed by atoms with van der Waals surface area (Å²) in [6.45, 7) is 5.44. The van der Waals surface area contributed by atoms with Crippen molar-refractivity contribution in [1.82, 2.24) is 24.6 Å². The molecule has 0 aromatic carbocycles. The number of hydrogen-bond acceptors (Lipinski definition) is 6. The van der Waals surface area contributed by atoms with Crippen LogP contribution in [0.2, 0.25) is 0 Å². The first kappa shape index (κ1) is 16.4. The van der Waals surface area contributed by atoms with E-state index in [1.165, 1.54) is 0 Å². The molecule has 1 aliphatic heterocycles. The van der Waals surface area contributed by atoms with Gasteiger partial charge in [-0.25, -0.2) is 0 Å². The second-order valence-electron chi connectivity index (χ2n) is 5.90. The zero-order chi connectivity index (χ0) is 15.2. The highest BCUT2D eigenvalue weighted by Gasteiger charge is 2.24. The van der Waals surface area contributed by atoms with Gasteiger partial charge in [-0.05, 0) is 33.0 Å². The zero-order valence-electron chi connectivity index (χ0n) is 13.2. The van der Waals surface area contributed by atoms with E-state index in [0.29, 0.717) is 12.5 Å². The van der Waals surface area contributed by atoms with E-state index >= 15 is 0 Å². The quantitative estimate of drug-likeness (QED) is 0.697. The van der Waals surface area contributed by atoms with Crippen LogP contribution in [0.25, 0.3) is 0 Å². The van der Waals surface area contributed by atoms with Crippen LogP contribution >= 0.6 is 0 Å². The highest BCUT2D eigenvalue weighted by atomic mass is 16.3. The van der Waals surface area contributed by atoms with Crippen molar-refractivity contribution in [1.29, 1.82) is 0 Å². The number of likely N-dealkylation sites (tertiary alicyclic amines) is 1. The molecule has 0 bridgehead atoms. The fourth-order valence-electron chi connectivity index (χ4n) is 2.96. The van der Waals surface area contributed by atoms with Crippen molar-refractivity contribution < 1.29 is 5.11 Å².